The molecular formula is C41H64N6O2. The molecule has 1 heterocycles. The van der Waals surface area contributed by atoms with Crippen molar-refractivity contribution in [2.45, 2.75) is 125 Å². The van der Waals surface area contributed by atoms with Gasteiger partial charge in [0.25, 0.3) is 11.8 Å². The van der Waals surface area contributed by atoms with E-state index in [0.29, 0.717) is 11.3 Å². The maximum absolute atomic E-state index is 12.7. The average molecular weight is 673 g/mol. The number of nitrogens with zero attached hydrogens (tertiary/aromatic N) is 4. The second-order valence-corrected chi connectivity index (χ2v) is 15.1. The Morgan fingerprint density at radius 1 is 0.776 bits per heavy atom. The molecule has 3 N–H and O–H groups in total. The molecule has 2 aliphatic carbocycles. The summed E-state index contributed by atoms with van der Waals surface area (Å²) >= 11 is 0. The third-order valence-electron chi connectivity index (χ3n) is 10.5. The predicted molar refractivity (Wildman–Crippen MR) is 205 cm³/mol. The highest BCUT2D eigenvalue weighted by Crippen LogP contribution is 2.32. The molecule has 8 nitrogen and oxygen atoms in total. The van der Waals surface area contributed by atoms with Gasteiger partial charge < -0.3 is 25.4 Å². The molecule has 0 radical (unpaired) electrons. The Bertz CT molecular complexity index is 1500. The number of hydrogen-bond acceptors (Lipinski definition) is 5. The first-order chi connectivity index (χ1) is 23.5. The van der Waals surface area contributed by atoms with Gasteiger partial charge >= 0.3 is 0 Å². The number of hydrogen-bond donors (Lipinski definition) is 2. The van der Waals surface area contributed by atoms with E-state index in [1.165, 1.54) is 69.7 Å². The standard InChI is InChI=1S/C23H35N3O.C18H29N3O/c1-6-25(7-2)21(27)18-13-14-20-19(15-18)24-22(23(3,4)5)26(20)16-17-11-9-8-10-12-17;1-3-21(4-2)18(22)15-10-11-17(16(19)12-15)20-13-14-8-6-5-7-9-14/h13-15,17H,6-12,16H2,1-5H3;10-12,14,20H,3-9,13,19H2,1-2H3. The zero-order valence-electron chi connectivity index (χ0n) is 31.6. The Labute approximate surface area is 296 Å². The van der Waals surface area contributed by atoms with E-state index >= 15 is 0 Å². The summed E-state index contributed by atoms with van der Waals surface area (Å²) in [5.41, 5.74) is 11.3. The molecule has 1 aromatic heterocycles. The summed E-state index contributed by atoms with van der Waals surface area (Å²) in [7, 11) is 0. The number of anilines is 2. The van der Waals surface area contributed by atoms with Gasteiger partial charge in [-0.1, -0.05) is 59.3 Å². The third kappa shape index (κ3) is 10.0. The number of nitrogens with one attached hydrogen (secondary N) is 1. The van der Waals surface area contributed by atoms with Gasteiger partial charge in [-0.2, -0.15) is 0 Å². The topological polar surface area (TPSA) is 96.5 Å². The summed E-state index contributed by atoms with van der Waals surface area (Å²) in [6.07, 6.45) is 13.4. The van der Waals surface area contributed by atoms with Crippen molar-refractivity contribution in [3.8, 4) is 0 Å². The monoisotopic (exact) mass is 673 g/mol. The van der Waals surface area contributed by atoms with E-state index in [-0.39, 0.29) is 17.2 Å². The van der Waals surface area contributed by atoms with Crippen molar-refractivity contribution in [1.82, 2.24) is 19.4 Å². The quantitative estimate of drug-likeness (QED) is 0.198. The van der Waals surface area contributed by atoms with Crippen LogP contribution in [0.15, 0.2) is 36.4 Å². The van der Waals surface area contributed by atoms with E-state index in [9.17, 15) is 9.59 Å². The van der Waals surface area contributed by atoms with Crippen LogP contribution in [0.1, 0.15) is 139 Å². The van der Waals surface area contributed by atoms with E-state index < -0.39 is 0 Å². The van der Waals surface area contributed by atoms with E-state index in [1.54, 1.807) is 6.07 Å². The lowest BCUT2D eigenvalue weighted by molar-refractivity contribution is 0.0765. The fourth-order valence-corrected chi connectivity index (χ4v) is 7.54. The summed E-state index contributed by atoms with van der Waals surface area (Å²) in [4.78, 5) is 33.7. The van der Waals surface area contributed by atoms with Gasteiger partial charge in [-0.15, -0.1) is 0 Å². The Balaban J connectivity index is 0.000000226. The highest BCUT2D eigenvalue weighted by molar-refractivity contribution is 5.97. The van der Waals surface area contributed by atoms with Crippen LogP contribution < -0.4 is 11.1 Å². The summed E-state index contributed by atoms with van der Waals surface area (Å²) in [6, 6.07) is 11.7. The van der Waals surface area contributed by atoms with Crippen molar-refractivity contribution < 1.29 is 9.59 Å². The Morgan fingerprint density at radius 3 is 1.80 bits per heavy atom. The van der Waals surface area contributed by atoms with Crippen molar-refractivity contribution in [3.63, 3.8) is 0 Å². The Morgan fingerprint density at radius 2 is 1.29 bits per heavy atom. The minimum Gasteiger partial charge on any atom is -0.397 e. The lowest BCUT2D eigenvalue weighted by Crippen LogP contribution is -2.30. The van der Waals surface area contributed by atoms with Crippen LogP contribution in [0.5, 0.6) is 0 Å². The van der Waals surface area contributed by atoms with Gasteiger partial charge in [-0.05, 0) is 102 Å². The lowest BCUT2D eigenvalue weighted by Gasteiger charge is -2.26. The minimum absolute atomic E-state index is 0.0171. The average Bonchev–Trinajstić information content (AvgIpc) is 3.48. The molecule has 2 aliphatic rings. The molecule has 2 amide bonds. The number of aromatic nitrogens is 2. The van der Waals surface area contributed by atoms with Crippen LogP contribution in [-0.2, 0) is 12.0 Å². The zero-order valence-corrected chi connectivity index (χ0v) is 31.6. The number of rotatable bonds is 11. The number of carbonyl (C=O) groups is 2. The van der Waals surface area contributed by atoms with Crippen LogP contribution in [0.4, 0.5) is 11.4 Å². The summed E-state index contributed by atoms with van der Waals surface area (Å²) in [5.74, 6) is 2.78. The molecule has 0 unspecified atom stereocenters. The first-order valence-electron chi connectivity index (χ1n) is 19.2. The number of nitrogens with two attached hydrogens (primary N) is 1. The Hall–Kier alpha value is -3.55. The van der Waals surface area contributed by atoms with Gasteiger partial charge in [0.2, 0.25) is 0 Å². The molecule has 270 valence electrons. The van der Waals surface area contributed by atoms with Gasteiger partial charge in [0.05, 0.1) is 22.4 Å². The molecule has 2 fully saturated rings. The first-order valence-corrected chi connectivity index (χ1v) is 19.2. The summed E-state index contributed by atoms with van der Waals surface area (Å²) in [6.45, 7) is 19.7. The molecule has 2 aromatic carbocycles. The molecule has 0 bridgehead atoms. The smallest absolute Gasteiger partial charge is 0.253 e. The molecule has 3 aromatic rings. The van der Waals surface area contributed by atoms with Crippen molar-refractivity contribution >= 4 is 34.2 Å². The molecule has 8 heteroatoms. The van der Waals surface area contributed by atoms with Crippen LogP contribution in [0.2, 0.25) is 0 Å². The van der Waals surface area contributed by atoms with Gasteiger partial charge in [0.15, 0.2) is 0 Å². The number of amides is 2. The van der Waals surface area contributed by atoms with Gasteiger partial charge in [-0.25, -0.2) is 4.98 Å². The van der Waals surface area contributed by atoms with E-state index in [4.69, 9.17) is 10.7 Å². The lowest BCUT2D eigenvalue weighted by atomic mass is 9.88. The molecule has 5 rings (SSSR count). The zero-order chi connectivity index (χ0) is 35.6. The molecule has 0 aliphatic heterocycles. The molecule has 0 atom stereocenters. The fourth-order valence-electron chi connectivity index (χ4n) is 7.54. The van der Waals surface area contributed by atoms with Gasteiger partial charge in [-0.3, -0.25) is 9.59 Å². The van der Waals surface area contributed by atoms with E-state index in [1.807, 2.05) is 61.8 Å². The number of carbonyl (C=O) groups excluding carboxylic acids is 2. The summed E-state index contributed by atoms with van der Waals surface area (Å²) < 4.78 is 2.43. The second kappa shape index (κ2) is 17.9. The molecule has 49 heavy (non-hydrogen) atoms. The molecule has 0 saturated heterocycles. The molecule has 0 spiro atoms. The number of benzene rings is 2. The van der Waals surface area contributed by atoms with Crippen LogP contribution in [0, 0.1) is 11.8 Å². The van der Waals surface area contributed by atoms with E-state index in [0.717, 1.165) is 73.7 Å². The van der Waals surface area contributed by atoms with Crippen LogP contribution in [0.3, 0.4) is 0 Å². The van der Waals surface area contributed by atoms with E-state index in [2.05, 4.69) is 36.7 Å². The number of fused-ring (bicyclic) bond motifs is 1. The van der Waals surface area contributed by atoms with Crippen LogP contribution >= 0.6 is 0 Å². The maximum Gasteiger partial charge on any atom is 0.253 e. The highest BCUT2D eigenvalue weighted by Gasteiger charge is 2.26. The summed E-state index contributed by atoms with van der Waals surface area (Å²) in [5, 5.41) is 3.46. The second-order valence-electron chi connectivity index (χ2n) is 15.1. The SMILES string of the molecule is CCN(CC)C(=O)c1ccc(NCC2CCCCC2)c(N)c1.CCN(CC)C(=O)c1ccc2c(c1)nc(C(C)(C)C)n2CC1CCCCC1. The van der Waals surface area contributed by atoms with Crippen molar-refractivity contribution in [1.29, 1.82) is 0 Å². The fraction of sp³-hybridized carbons (Fsp3) is 0.634. The number of imidazole rings is 1. The molecular weight excluding hydrogens is 608 g/mol. The minimum atomic E-state index is -0.0171. The van der Waals surface area contributed by atoms with Crippen molar-refractivity contribution in [2.24, 2.45) is 11.8 Å². The van der Waals surface area contributed by atoms with Crippen molar-refractivity contribution in [3.05, 3.63) is 53.3 Å². The number of nitrogen functional groups attached to an aromatic ring is 1. The highest BCUT2D eigenvalue weighted by atomic mass is 16.2. The largest absolute Gasteiger partial charge is 0.397 e. The molecule has 2 saturated carbocycles. The normalized spacial score (nSPS) is 15.8. The Kier molecular flexibility index (Phi) is 14.0. The predicted octanol–water partition coefficient (Wildman–Crippen LogP) is 9.14. The van der Waals surface area contributed by atoms with Crippen molar-refractivity contribution in [2.75, 3.05) is 43.8 Å². The van der Waals surface area contributed by atoms with Gasteiger partial charge in [0, 0.05) is 55.8 Å². The van der Waals surface area contributed by atoms with Crippen LogP contribution in [-0.4, -0.2) is 63.9 Å². The first kappa shape index (κ1) is 38.3. The van der Waals surface area contributed by atoms with Gasteiger partial charge in [0.1, 0.15) is 5.82 Å². The maximum atomic E-state index is 12.7. The van der Waals surface area contributed by atoms with Crippen LogP contribution in [0.25, 0.3) is 11.0 Å². The third-order valence-corrected chi connectivity index (χ3v) is 10.5.